The summed E-state index contributed by atoms with van der Waals surface area (Å²) in [6.45, 7) is 0.962. The maximum absolute atomic E-state index is 12.1. The Balaban J connectivity index is 2.29. The first-order valence-electron chi connectivity index (χ1n) is 4.97. The van der Waals surface area contributed by atoms with Crippen molar-refractivity contribution in [3.8, 4) is 5.75 Å². The summed E-state index contributed by atoms with van der Waals surface area (Å²) in [6.07, 6.45) is 0.778. The van der Waals surface area contributed by atoms with Crippen LogP contribution in [0.25, 0.3) is 0 Å². The molecular weight excluding hydrogens is 246 g/mol. The van der Waals surface area contributed by atoms with Gasteiger partial charge in [-0.05, 0) is 30.7 Å². The maximum Gasteiger partial charge on any atom is 0.243 e. The van der Waals surface area contributed by atoms with Gasteiger partial charge < -0.3 is 5.11 Å². The minimum Gasteiger partial charge on any atom is -0.508 e. The molecule has 0 saturated carbocycles. The fourth-order valence-corrected chi connectivity index (χ4v) is 3.62. The third-order valence-corrected chi connectivity index (χ3v) is 4.90. The molecule has 1 aliphatic heterocycles. The van der Waals surface area contributed by atoms with E-state index in [0.29, 0.717) is 13.1 Å². The van der Waals surface area contributed by atoms with E-state index in [2.05, 4.69) is 12.6 Å². The number of rotatable bonds is 2. The van der Waals surface area contributed by atoms with Crippen LogP contribution in [0.2, 0.25) is 0 Å². The zero-order valence-corrected chi connectivity index (χ0v) is 10.3. The number of benzene rings is 1. The monoisotopic (exact) mass is 259 g/mol. The van der Waals surface area contributed by atoms with Gasteiger partial charge in [0.1, 0.15) is 5.75 Å². The molecule has 0 aliphatic carbocycles. The predicted octanol–water partition coefficient (Wildman–Crippen LogP) is 1.08. The second-order valence-electron chi connectivity index (χ2n) is 3.80. The van der Waals surface area contributed by atoms with Gasteiger partial charge in [-0.2, -0.15) is 16.9 Å². The quantitative estimate of drug-likeness (QED) is 0.782. The van der Waals surface area contributed by atoms with Crippen LogP contribution in [0.15, 0.2) is 29.2 Å². The Morgan fingerprint density at radius 3 is 2.44 bits per heavy atom. The van der Waals surface area contributed by atoms with Gasteiger partial charge in [-0.25, -0.2) is 8.42 Å². The van der Waals surface area contributed by atoms with Gasteiger partial charge in [0.25, 0.3) is 0 Å². The number of hydrogen-bond acceptors (Lipinski definition) is 4. The molecule has 1 N–H and O–H groups in total. The van der Waals surface area contributed by atoms with Gasteiger partial charge in [0, 0.05) is 18.3 Å². The van der Waals surface area contributed by atoms with Crippen molar-refractivity contribution in [2.24, 2.45) is 0 Å². The normalized spacial score (nSPS) is 22.4. The molecule has 88 valence electrons. The Morgan fingerprint density at radius 2 is 1.94 bits per heavy atom. The third kappa shape index (κ3) is 2.18. The van der Waals surface area contributed by atoms with E-state index in [9.17, 15) is 8.42 Å². The molecule has 1 aromatic rings. The fourth-order valence-electron chi connectivity index (χ4n) is 1.70. The van der Waals surface area contributed by atoms with Crippen LogP contribution in [0, 0.1) is 0 Å². The first kappa shape index (κ1) is 11.8. The first-order valence-corrected chi connectivity index (χ1v) is 6.93. The molecule has 1 aliphatic rings. The molecule has 0 aromatic heterocycles. The average Bonchev–Trinajstić information content (AvgIpc) is 2.66. The van der Waals surface area contributed by atoms with E-state index in [1.807, 2.05) is 0 Å². The number of nitrogens with zero attached hydrogens (tertiary/aromatic N) is 1. The van der Waals surface area contributed by atoms with Crippen LogP contribution in [0.1, 0.15) is 6.42 Å². The van der Waals surface area contributed by atoms with Crippen LogP contribution in [-0.4, -0.2) is 36.2 Å². The van der Waals surface area contributed by atoms with Crippen LogP contribution in [0.3, 0.4) is 0 Å². The summed E-state index contributed by atoms with van der Waals surface area (Å²) in [7, 11) is -3.42. The smallest absolute Gasteiger partial charge is 0.243 e. The third-order valence-electron chi connectivity index (χ3n) is 2.60. The number of aromatic hydroxyl groups is 1. The van der Waals surface area contributed by atoms with Crippen molar-refractivity contribution < 1.29 is 13.5 Å². The molecule has 1 aromatic carbocycles. The lowest BCUT2D eigenvalue weighted by Crippen LogP contribution is -2.28. The lowest BCUT2D eigenvalue weighted by atomic mass is 10.3. The van der Waals surface area contributed by atoms with Crippen molar-refractivity contribution in [2.45, 2.75) is 16.6 Å². The van der Waals surface area contributed by atoms with Gasteiger partial charge in [-0.3, -0.25) is 0 Å². The molecule has 1 heterocycles. The minimum absolute atomic E-state index is 0.0624. The van der Waals surface area contributed by atoms with Gasteiger partial charge in [-0.15, -0.1) is 0 Å². The zero-order chi connectivity index (χ0) is 11.8. The van der Waals surface area contributed by atoms with Crippen molar-refractivity contribution in [3.63, 3.8) is 0 Å². The first-order chi connectivity index (χ1) is 7.50. The van der Waals surface area contributed by atoms with Crippen molar-refractivity contribution in [2.75, 3.05) is 13.1 Å². The molecule has 0 radical (unpaired) electrons. The van der Waals surface area contributed by atoms with E-state index in [0.717, 1.165) is 6.42 Å². The molecule has 0 unspecified atom stereocenters. The number of thiol groups is 1. The van der Waals surface area contributed by atoms with Crippen molar-refractivity contribution in [3.05, 3.63) is 24.3 Å². The summed E-state index contributed by atoms with van der Waals surface area (Å²) < 4.78 is 25.6. The van der Waals surface area contributed by atoms with Crippen LogP contribution < -0.4 is 0 Å². The van der Waals surface area contributed by atoms with E-state index in [1.165, 1.54) is 28.6 Å². The van der Waals surface area contributed by atoms with Gasteiger partial charge in [0.05, 0.1) is 4.90 Å². The maximum atomic E-state index is 12.1. The van der Waals surface area contributed by atoms with E-state index < -0.39 is 10.0 Å². The lowest BCUT2D eigenvalue weighted by Gasteiger charge is -2.15. The Kier molecular flexibility index (Phi) is 3.14. The van der Waals surface area contributed by atoms with Gasteiger partial charge in [-0.1, -0.05) is 0 Å². The molecule has 1 atom stereocenters. The zero-order valence-electron chi connectivity index (χ0n) is 8.57. The summed E-state index contributed by atoms with van der Waals surface area (Å²) in [5.74, 6) is 0.0624. The van der Waals surface area contributed by atoms with E-state index in [1.54, 1.807) is 0 Å². The number of phenolic OH excluding ortho intramolecular Hbond substituents is 1. The highest BCUT2D eigenvalue weighted by Crippen LogP contribution is 2.24. The topological polar surface area (TPSA) is 57.6 Å². The molecule has 1 saturated heterocycles. The SMILES string of the molecule is O=S(=O)(c1ccc(O)cc1)N1CC[C@H](S)C1. The predicted molar refractivity (Wildman–Crippen MR) is 64.3 cm³/mol. The van der Waals surface area contributed by atoms with Gasteiger partial charge >= 0.3 is 0 Å². The Hall–Kier alpha value is -0.720. The van der Waals surface area contributed by atoms with Crippen molar-refractivity contribution >= 4 is 22.7 Å². The molecule has 0 amide bonds. The Morgan fingerprint density at radius 1 is 1.31 bits per heavy atom. The summed E-state index contributed by atoms with van der Waals surface area (Å²) >= 11 is 4.27. The standard InChI is InChI=1S/C10H13NO3S2/c12-8-1-3-10(4-2-8)16(13,14)11-6-5-9(15)7-11/h1-4,9,12,15H,5-7H2/t9-/m0/s1. The molecule has 0 bridgehead atoms. The molecule has 16 heavy (non-hydrogen) atoms. The lowest BCUT2D eigenvalue weighted by molar-refractivity contribution is 0.471. The molecular formula is C10H13NO3S2. The van der Waals surface area contributed by atoms with E-state index >= 15 is 0 Å². The highest BCUT2D eigenvalue weighted by atomic mass is 32.2. The van der Waals surface area contributed by atoms with Crippen molar-refractivity contribution in [1.29, 1.82) is 0 Å². The second kappa shape index (κ2) is 4.27. The number of sulfonamides is 1. The fraction of sp³-hybridized carbons (Fsp3) is 0.400. The highest BCUT2D eigenvalue weighted by molar-refractivity contribution is 7.89. The number of hydrogen-bond donors (Lipinski definition) is 2. The molecule has 4 nitrogen and oxygen atoms in total. The summed E-state index contributed by atoms with van der Waals surface area (Å²) in [5, 5.41) is 9.23. The summed E-state index contributed by atoms with van der Waals surface area (Å²) in [4.78, 5) is 0.215. The largest absolute Gasteiger partial charge is 0.508 e. The minimum atomic E-state index is -3.42. The van der Waals surface area contributed by atoms with Crippen LogP contribution >= 0.6 is 12.6 Å². The van der Waals surface area contributed by atoms with E-state index in [4.69, 9.17) is 5.11 Å². The Labute approximate surface area is 100 Å². The molecule has 1 fully saturated rings. The van der Waals surface area contributed by atoms with Gasteiger partial charge in [0.15, 0.2) is 0 Å². The van der Waals surface area contributed by atoms with Crippen molar-refractivity contribution in [1.82, 2.24) is 4.31 Å². The van der Waals surface area contributed by atoms with Gasteiger partial charge in [0.2, 0.25) is 10.0 Å². The van der Waals surface area contributed by atoms with E-state index in [-0.39, 0.29) is 15.9 Å². The van der Waals surface area contributed by atoms with Crippen LogP contribution in [0.4, 0.5) is 0 Å². The Bertz CT molecular complexity index is 469. The average molecular weight is 259 g/mol. The van der Waals surface area contributed by atoms with Crippen LogP contribution in [0.5, 0.6) is 5.75 Å². The second-order valence-corrected chi connectivity index (χ2v) is 6.47. The molecule has 2 rings (SSSR count). The molecule has 6 heteroatoms. The molecule has 0 spiro atoms. The number of phenols is 1. The summed E-state index contributed by atoms with van der Waals surface area (Å²) in [5.41, 5.74) is 0. The van der Waals surface area contributed by atoms with Crippen LogP contribution in [-0.2, 0) is 10.0 Å². The highest BCUT2D eigenvalue weighted by Gasteiger charge is 2.30. The summed E-state index contributed by atoms with van der Waals surface area (Å²) in [6, 6.07) is 5.58.